The van der Waals surface area contributed by atoms with Crippen LogP contribution < -0.4 is 11.1 Å². The van der Waals surface area contributed by atoms with Gasteiger partial charge in [0, 0.05) is 6.20 Å². The molecule has 16 heteroatoms. The highest BCUT2D eigenvalue weighted by atomic mass is 35.5. The quantitative estimate of drug-likeness (QED) is 0.383. The van der Waals surface area contributed by atoms with Gasteiger partial charge in [0.1, 0.15) is 12.2 Å². The zero-order valence-electron chi connectivity index (χ0n) is 18.7. The minimum atomic E-state index is -4.79. The number of halogens is 4. The van der Waals surface area contributed by atoms with Gasteiger partial charge in [-0.3, -0.25) is 9.59 Å². The molecule has 0 aliphatic heterocycles. The monoisotopic (exact) mass is 530 g/mol. The molecule has 188 valence electrons. The Morgan fingerprint density at radius 1 is 1.24 bits per heavy atom. The predicted molar refractivity (Wildman–Crippen MR) is 121 cm³/mol. The van der Waals surface area contributed by atoms with E-state index in [4.69, 9.17) is 17.3 Å². The van der Waals surface area contributed by atoms with Crippen LogP contribution in [0.3, 0.4) is 0 Å². The third kappa shape index (κ3) is 5.23. The smallest absolute Gasteiger partial charge is 0.366 e. The Bertz CT molecular complexity index is 1570. The molecule has 0 fully saturated rings. The number of aromatic nitrogens is 7. The third-order valence-electron chi connectivity index (χ3n) is 4.91. The molecule has 0 aliphatic carbocycles. The Hall–Kier alpha value is -4.84. The summed E-state index contributed by atoms with van der Waals surface area (Å²) in [6, 6.07) is 8.90. The number of tetrazole rings is 1. The van der Waals surface area contributed by atoms with Gasteiger partial charge in [0.05, 0.1) is 33.6 Å². The van der Waals surface area contributed by atoms with Crippen molar-refractivity contribution in [3.63, 3.8) is 0 Å². The molecule has 3 N–H and O–H groups in total. The van der Waals surface area contributed by atoms with E-state index >= 15 is 0 Å². The van der Waals surface area contributed by atoms with Crippen molar-refractivity contribution in [1.82, 2.24) is 35.0 Å². The summed E-state index contributed by atoms with van der Waals surface area (Å²) < 4.78 is 39.6. The van der Waals surface area contributed by atoms with Gasteiger partial charge in [0.2, 0.25) is 0 Å². The number of primary amides is 1. The molecule has 4 rings (SSSR count). The molecular weight excluding hydrogens is 517 g/mol. The SMILES string of the molecule is Cc1cc(C#N)cc(C(N)=O)c1NC(=O)c1cc(Cn2nnc(C(F)(F)F)n2)nn1-c1ncccc1Cl. The highest BCUT2D eigenvalue weighted by Gasteiger charge is 2.37. The lowest BCUT2D eigenvalue weighted by Gasteiger charge is -2.13. The fourth-order valence-electron chi connectivity index (χ4n) is 3.32. The van der Waals surface area contributed by atoms with Crippen LogP contribution in [0, 0.1) is 18.3 Å². The number of nitrogens with zero attached hydrogens (tertiary/aromatic N) is 8. The van der Waals surface area contributed by atoms with Crippen molar-refractivity contribution >= 4 is 29.1 Å². The largest absolute Gasteiger partial charge is 0.455 e. The van der Waals surface area contributed by atoms with Crippen LogP contribution in [0.15, 0.2) is 36.5 Å². The second-order valence-electron chi connectivity index (χ2n) is 7.53. The standard InChI is InChI=1S/C21H14ClF3N10O2/c1-10-5-11(8-26)6-13(17(27)36)16(10)29-19(37)15-7-12(9-34-32-20(30-33-34)21(23,24)25)31-35(15)18-14(22)3-2-4-28-18/h2-7H,9H2,1H3,(H2,27,36)(H,29,37). The number of alkyl halides is 3. The topological polar surface area (TPSA) is 170 Å². The highest BCUT2D eigenvalue weighted by Crippen LogP contribution is 2.26. The molecule has 0 atom stereocenters. The summed E-state index contributed by atoms with van der Waals surface area (Å²) in [5.74, 6) is -3.05. The second-order valence-corrected chi connectivity index (χ2v) is 7.94. The van der Waals surface area contributed by atoms with Crippen LogP contribution in [0.5, 0.6) is 0 Å². The number of amides is 2. The molecule has 0 saturated carbocycles. The Labute approximate surface area is 210 Å². The van der Waals surface area contributed by atoms with Crippen molar-refractivity contribution in [2.24, 2.45) is 5.73 Å². The summed E-state index contributed by atoms with van der Waals surface area (Å²) in [5.41, 5.74) is 5.89. The van der Waals surface area contributed by atoms with E-state index in [-0.39, 0.29) is 45.6 Å². The van der Waals surface area contributed by atoms with E-state index in [0.29, 0.717) is 10.4 Å². The number of hydrogen-bond donors (Lipinski definition) is 2. The fourth-order valence-corrected chi connectivity index (χ4v) is 3.52. The van der Waals surface area contributed by atoms with Gasteiger partial charge in [0.25, 0.3) is 17.6 Å². The minimum Gasteiger partial charge on any atom is -0.366 e. The molecular formula is C21H14ClF3N10O2. The van der Waals surface area contributed by atoms with Crippen molar-refractivity contribution in [3.05, 3.63) is 75.5 Å². The van der Waals surface area contributed by atoms with Crippen LogP contribution in [0.1, 0.15) is 43.5 Å². The molecule has 4 aromatic rings. The first kappa shape index (κ1) is 25.3. The summed E-state index contributed by atoms with van der Waals surface area (Å²) in [5, 5.41) is 25.7. The molecule has 0 spiro atoms. The van der Waals surface area contributed by atoms with E-state index in [1.54, 1.807) is 13.0 Å². The predicted octanol–water partition coefficient (Wildman–Crippen LogP) is 2.51. The average Bonchev–Trinajstić information content (AvgIpc) is 3.48. The number of benzene rings is 1. The molecule has 2 amide bonds. The third-order valence-corrected chi connectivity index (χ3v) is 5.21. The molecule has 0 unspecified atom stereocenters. The molecule has 3 heterocycles. The maximum Gasteiger partial charge on any atom is 0.455 e. The van der Waals surface area contributed by atoms with Gasteiger partial charge in [-0.2, -0.15) is 28.3 Å². The molecule has 0 radical (unpaired) electrons. The van der Waals surface area contributed by atoms with E-state index < -0.39 is 23.8 Å². The van der Waals surface area contributed by atoms with E-state index in [2.05, 4.69) is 30.8 Å². The number of rotatable bonds is 6. The van der Waals surface area contributed by atoms with Crippen LogP contribution in [0.4, 0.5) is 18.9 Å². The van der Waals surface area contributed by atoms with Gasteiger partial charge in [-0.05, 0) is 48.0 Å². The van der Waals surface area contributed by atoms with E-state index in [9.17, 15) is 28.0 Å². The fraction of sp³-hybridized carbons (Fsp3) is 0.143. The Balaban J connectivity index is 1.76. The van der Waals surface area contributed by atoms with Crippen LogP contribution >= 0.6 is 11.6 Å². The molecule has 0 aliphatic rings. The molecule has 3 aromatic heterocycles. The van der Waals surface area contributed by atoms with Crippen molar-refractivity contribution in [3.8, 4) is 11.9 Å². The summed E-state index contributed by atoms with van der Waals surface area (Å²) in [7, 11) is 0. The lowest BCUT2D eigenvalue weighted by molar-refractivity contribution is -0.145. The summed E-state index contributed by atoms with van der Waals surface area (Å²) in [6.07, 6.45) is -3.39. The number of nitrogens with two attached hydrogens (primary N) is 1. The van der Waals surface area contributed by atoms with Gasteiger partial charge < -0.3 is 11.1 Å². The zero-order valence-corrected chi connectivity index (χ0v) is 19.4. The first-order valence-corrected chi connectivity index (χ1v) is 10.6. The molecule has 37 heavy (non-hydrogen) atoms. The van der Waals surface area contributed by atoms with Gasteiger partial charge >= 0.3 is 6.18 Å². The molecule has 1 aromatic carbocycles. The van der Waals surface area contributed by atoms with Gasteiger partial charge in [-0.25, -0.2) is 9.67 Å². The number of pyridine rings is 1. The minimum absolute atomic E-state index is 0.0507. The van der Waals surface area contributed by atoms with E-state index in [0.717, 1.165) is 4.68 Å². The summed E-state index contributed by atoms with van der Waals surface area (Å²) in [4.78, 5) is 30.1. The summed E-state index contributed by atoms with van der Waals surface area (Å²) >= 11 is 6.23. The van der Waals surface area contributed by atoms with Crippen LogP contribution in [-0.2, 0) is 12.7 Å². The van der Waals surface area contributed by atoms with E-state index in [1.165, 1.54) is 30.5 Å². The maximum absolute atomic E-state index is 13.3. The van der Waals surface area contributed by atoms with Crippen molar-refractivity contribution in [1.29, 1.82) is 5.26 Å². The number of nitriles is 1. The first-order chi connectivity index (χ1) is 17.5. The number of hydrogen-bond acceptors (Lipinski definition) is 8. The summed E-state index contributed by atoms with van der Waals surface area (Å²) in [6.45, 7) is 1.19. The maximum atomic E-state index is 13.3. The normalized spacial score (nSPS) is 11.2. The number of carbonyl (C=O) groups excluding carboxylic acids is 2. The lowest BCUT2D eigenvalue weighted by atomic mass is 10.0. The Kier molecular flexibility index (Phi) is 6.60. The Morgan fingerprint density at radius 3 is 2.62 bits per heavy atom. The highest BCUT2D eigenvalue weighted by molar-refractivity contribution is 6.32. The lowest BCUT2D eigenvalue weighted by Crippen LogP contribution is -2.22. The average molecular weight is 531 g/mol. The van der Waals surface area contributed by atoms with Gasteiger partial charge in [-0.1, -0.05) is 11.6 Å². The van der Waals surface area contributed by atoms with Gasteiger partial charge in [0.15, 0.2) is 5.82 Å². The number of anilines is 1. The van der Waals surface area contributed by atoms with E-state index in [1.807, 2.05) is 6.07 Å². The molecule has 0 saturated heterocycles. The van der Waals surface area contributed by atoms with Crippen LogP contribution in [0.2, 0.25) is 5.02 Å². The molecule has 12 nitrogen and oxygen atoms in total. The van der Waals surface area contributed by atoms with Crippen molar-refractivity contribution in [2.75, 3.05) is 5.32 Å². The number of aryl methyl sites for hydroxylation is 1. The second kappa shape index (κ2) is 9.66. The van der Waals surface area contributed by atoms with Crippen LogP contribution in [-0.4, -0.2) is 46.8 Å². The van der Waals surface area contributed by atoms with Crippen molar-refractivity contribution < 1.29 is 22.8 Å². The van der Waals surface area contributed by atoms with Crippen LogP contribution in [0.25, 0.3) is 5.82 Å². The first-order valence-electron chi connectivity index (χ1n) is 10.2. The zero-order chi connectivity index (χ0) is 26.9. The number of nitrogens with one attached hydrogen (secondary N) is 1. The van der Waals surface area contributed by atoms with Crippen molar-refractivity contribution in [2.45, 2.75) is 19.6 Å². The molecule has 0 bridgehead atoms. The number of carbonyl (C=O) groups is 2. The van der Waals surface area contributed by atoms with Gasteiger partial charge in [-0.15, -0.1) is 10.2 Å². The Morgan fingerprint density at radius 2 is 2.00 bits per heavy atom.